The summed E-state index contributed by atoms with van der Waals surface area (Å²) >= 11 is 0. The third-order valence-corrected chi connectivity index (χ3v) is 3.00. The van der Waals surface area contributed by atoms with Crippen LogP contribution in [0.25, 0.3) is 10.6 Å². The first-order chi connectivity index (χ1) is 10.5. The molecule has 0 N–H and O–H groups in total. The first kappa shape index (κ1) is 28.5. The topological polar surface area (TPSA) is 62.3 Å². The van der Waals surface area contributed by atoms with Gasteiger partial charge in [-0.25, -0.2) is 0 Å². The van der Waals surface area contributed by atoms with E-state index in [4.69, 9.17) is 0 Å². The van der Waals surface area contributed by atoms with Crippen LogP contribution in [0, 0.1) is 13.8 Å². The van der Waals surface area contributed by atoms with Gasteiger partial charge in [0, 0.05) is 0 Å². The molecule has 0 bridgehead atoms. The van der Waals surface area contributed by atoms with Crippen molar-refractivity contribution in [1.29, 1.82) is 0 Å². The molecule has 25 heavy (non-hydrogen) atoms. The van der Waals surface area contributed by atoms with Crippen LogP contribution in [0.2, 0.25) is 0 Å². The Kier molecular flexibility index (Phi) is 17.1. The summed E-state index contributed by atoms with van der Waals surface area (Å²) in [5.41, 5.74) is 3.60. The predicted molar refractivity (Wildman–Crippen MR) is 89.6 cm³/mol. The fraction of sp³-hybridized carbons (Fsp3) is 0.222. The molecule has 0 heterocycles. The van der Waals surface area contributed by atoms with E-state index < -0.39 is 0 Å². The van der Waals surface area contributed by atoms with Crippen molar-refractivity contribution in [1.82, 2.24) is 0 Å². The zero-order chi connectivity index (χ0) is 16.5. The number of halogens is 2. The van der Waals surface area contributed by atoms with E-state index in [0.29, 0.717) is 11.1 Å². The Labute approximate surface area is 176 Å². The van der Waals surface area contributed by atoms with Gasteiger partial charge in [0.25, 0.3) is 0 Å². The molecule has 0 saturated carbocycles. The monoisotopic (exact) mass is 414 g/mol. The molecule has 2 rings (SSSR count). The average Bonchev–Trinajstić information content (AvgIpc) is 2.55. The molecular weight excluding hydrogens is 395 g/mol. The van der Waals surface area contributed by atoms with Gasteiger partial charge in [-0.05, 0) is 25.0 Å². The van der Waals surface area contributed by atoms with E-state index in [1.54, 1.807) is 24.3 Å². The zero-order valence-electron chi connectivity index (χ0n) is 14.6. The van der Waals surface area contributed by atoms with Gasteiger partial charge in [0.15, 0.2) is 0 Å². The smallest absolute Gasteiger partial charge is 1.00 e. The Morgan fingerprint density at radius 2 is 0.880 bits per heavy atom. The normalized spacial score (nSPS) is 8.16. The second-order valence-electron chi connectivity index (χ2n) is 4.79. The van der Waals surface area contributed by atoms with Crippen molar-refractivity contribution in [3.63, 3.8) is 0 Å². The van der Waals surface area contributed by atoms with Crippen molar-refractivity contribution in [2.75, 3.05) is 14.1 Å². The number of benzene rings is 2. The molecule has 0 atom stereocenters. The van der Waals surface area contributed by atoms with Crippen LogP contribution in [0.15, 0.2) is 48.5 Å². The van der Waals surface area contributed by atoms with Crippen LogP contribution in [0.3, 0.4) is 0 Å². The van der Waals surface area contributed by atoms with Gasteiger partial charge in [-0.1, -0.05) is 59.7 Å². The van der Waals surface area contributed by atoms with Crippen LogP contribution < -0.4 is 24.8 Å². The maximum Gasteiger partial charge on any atom is 4.00 e. The second-order valence-corrected chi connectivity index (χ2v) is 4.79. The zero-order valence-corrected chi connectivity index (χ0v) is 17.7. The molecular formula is C18H20Cl2N2O2Ti. The first-order valence-corrected chi connectivity index (χ1v) is 6.89. The van der Waals surface area contributed by atoms with Crippen molar-refractivity contribution in [2.24, 2.45) is 0 Å². The van der Waals surface area contributed by atoms with Gasteiger partial charge >= 0.3 is 21.7 Å². The number of hydrogen-bond acceptors (Lipinski definition) is 2. The van der Waals surface area contributed by atoms with E-state index in [1.165, 1.54) is 14.1 Å². The van der Waals surface area contributed by atoms with E-state index in [1.807, 2.05) is 38.1 Å². The molecule has 2 aromatic rings. The summed E-state index contributed by atoms with van der Waals surface area (Å²) in [5.74, 6) is -0.324. The number of carbonyl (C=O) groups is 2. The molecule has 0 aliphatic rings. The SMILES string of the molecule is C[N-]C(=O)c1ccc(C)cc1.C[N-]C(=O)c1ccc(C)cc1.[Cl-].[Cl-].[Ti+4]. The van der Waals surface area contributed by atoms with Crippen molar-refractivity contribution < 1.29 is 56.1 Å². The molecule has 4 nitrogen and oxygen atoms in total. The molecule has 0 spiro atoms. The molecule has 0 saturated heterocycles. The van der Waals surface area contributed by atoms with E-state index in [9.17, 15) is 9.59 Å². The number of rotatable bonds is 2. The van der Waals surface area contributed by atoms with E-state index in [0.717, 1.165) is 11.1 Å². The maximum absolute atomic E-state index is 11.0. The summed E-state index contributed by atoms with van der Waals surface area (Å²) in [4.78, 5) is 21.9. The molecule has 7 heteroatoms. The van der Waals surface area contributed by atoms with Crippen molar-refractivity contribution >= 4 is 11.8 Å². The fourth-order valence-corrected chi connectivity index (χ4v) is 1.65. The van der Waals surface area contributed by atoms with Crippen LogP contribution in [0.1, 0.15) is 31.8 Å². The van der Waals surface area contributed by atoms with Crippen LogP contribution >= 0.6 is 0 Å². The van der Waals surface area contributed by atoms with Gasteiger partial charge in [0.2, 0.25) is 0 Å². The Morgan fingerprint density at radius 3 is 1.08 bits per heavy atom. The standard InChI is InChI=1S/2C9H11NO.2ClH.Ti/c2*1-7-3-5-8(6-4-7)9(11)10-2;;;/h2*3-6H,1-2H3,(H,10,11);2*1H;/q;;;;+4/p-4. The molecule has 0 aliphatic heterocycles. The van der Waals surface area contributed by atoms with E-state index in [2.05, 4.69) is 10.6 Å². The van der Waals surface area contributed by atoms with Gasteiger partial charge in [0.05, 0.1) is 11.8 Å². The average molecular weight is 415 g/mol. The van der Waals surface area contributed by atoms with E-state index in [-0.39, 0.29) is 58.3 Å². The molecule has 0 aliphatic carbocycles. The van der Waals surface area contributed by atoms with Gasteiger partial charge < -0.3 is 45.0 Å². The van der Waals surface area contributed by atoms with Crippen LogP contribution in [-0.2, 0) is 21.7 Å². The van der Waals surface area contributed by atoms with Gasteiger partial charge in [-0.15, -0.1) is 14.1 Å². The summed E-state index contributed by atoms with van der Waals surface area (Å²) in [6, 6.07) is 14.7. The minimum atomic E-state index is -0.162. The Hall–Kier alpha value is -1.33. The summed E-state index contributed by atoms with van der Waals surface area (Å²) in [5, 5.41) is 7.10. The summed E-state index contributed by atoms with van der Waals surface area (Å²) in [6.45, 7) is 3.97. The van der Waals surface area contributed by atoms with Crippen LogP contribution in [0.5, 0.6) is 0 Å². The minimum absolute atomic E-state index is 0. The predicted octanol–water partition coefficient (Wildman–Crippen LogP) is -1.72. The first-order valence-electron chi connectivity index (χ1n) is 6.89. The molecule has 0 unspecified atom stereocenters. The van der Waals surface area contributed by atoms with Gasteiger partial charge in [0.1, 0.15) is 0 Å². The molecule has 2 amide bonds. The van der Waals surface area contributed by atoms with Gasteiger partial charge in [-0.2, -0.15) is 0 Å². The number of amides is 2. The summed E-state index contributed by atoms with van der Waals surface area (Å²) < 4.78 is 0. The van der Waals surface area contributed by atoms with E-state index >= 15 is 0 Å². The fourth-order valence-electron chi connectivity index (χ4n) is 1.65. The number of nitrogens with zero attached hydrogens (tertiary/aromatic N) is 2. The number of carbonyl (C=O) groups excluding carboxylic acids is 2. The molecule has 132 valence electrons. The van der Waals surface area contributed by atoms with Crippen molar-refractivity contribution in [3.8, 4) is 0 Å². The van der Waals surface area contributed by atoms with Crippen LogP contribution in [-0.4, -0.2) is 25.9 Å². The Morgan fingerprint density at radius 1 is 0.640 bits per heavy atom. The second kappa shape index (κ2) is 15.0. The van der Waals surface area contributed by atoms with Gasteiger partial charge in [-0.3, -0.25) is 0 Å². The summed E-state index contributed by atoms with van der Waals surface area (Å²) in [7, 11) is 3.00. The third kappa shape index (κ3) is 10.3. The summed E-state index contributed by atoms with van der Waals surface area (Å²) in [6.07, 6.45) is 0. The largest absolute Gasteiger partial charge is 4.00 e. The number of aryl methyl sites for hydroxylation is 2. The molecule has 0 radical (unpaired) electrons. The number of hydrogen-bond donors (Lipinski definition) is 0. The van der Waals surface area contributed by atoms with Crippen molar-refractivity contribution in [3.05, 3.63) is 81.4 Å². The molecule has 0 fully saturated rings. The third-order valence-electron chi connectivity index (χ3n) is 3.00. The van der Waals surface area contributed by atoms with Crippen LogP contribution in [0.4, 0.5) is 0 Å². The minimum Gasteiger partial charge on any atom is -1.00 e. The quantitative estimate of drug-likeness (QED) is 0.549. The molecule has 2 aromatic carbocycles. The Bertz CT molecular complexity index is 575. The maximum atomic E-state index is 11.0. The Balaban J connectivity index is -0.000000346. The van der Waals surface area contributed by atoms with Crippen molar-refractivity contribution in [2.45, 2.75) is 13.8 Å². The molecule has 0 aromatic heterocycles.